The van der Waals surface area contributed by atoms with Crippen LogP contribution in [0.1, 0.15) is 303 Å². The van der Waals surface area contributed by atoms with Crippen molar-refractivity contribution in [3.05, 3.63) is 109 Å². The zero-order valence-corrected chi connectivity index (χ0v) is 50.4. The highest BCUT2D eigenvalue weighted by Gasteiger charge is 2.19. The summed E-state index contributed by atoms with van der Waals surface area (Å²) in [6.07, 6.45) is 88.0. The van der Waals surface area contributed by atoms with E-state index in [1.54, 1.807) is 0 Å². The van der Waals surface area contributed by atoms with Gasteiger partial charge in [-0.1, -0.05) is 265 Å². The third kappa shape index (κ3) is 62.8. The molecule has 0 aliphatic rings. The lowest BCUT2D eigenvalue weighted by Crippen LogP contribution is -2.30. The Morgan fingerprint density at radius 2 is 0.506 bits per heavy atom. The van der Waals surface area contributed by atoms with Gasteiger partial charge in [-0.2, -0.15) is 0 Å². The van der Waals surface area contributed by atoms with Gasteiger partial charge < -0.3 is 14.2 Å². The lowest BCUT2D eigenvalue weighted by molar-refractivity contribution is -0.167. The Bertz CT molecular complexity index is 1560. The second-order valence-corrected chi connectivity index (χ2v) is 21.3. The smallest absolute Gasteiger partial charge is 0.306 e. The van der Waals surface area contributed by atoms with Crippen LogP contribution < -0.4 is 0 Å². The van der Waals surface area contributed by atoms with Crippen LogP contribution in [0.2, 0.25) is 0 Å². The lowest BCUT2D eigenvalue weighted by Gasteiger charge is -2.18. The molecule has 77 heavy (non-hydrogen) atoms. The fourth-order valence-corrected chi connectivity index (χ4v) is 8.88. The van der Waals surface area contributed by atoms with Crippen LogP contribution in [-0.4, -0.2) is 37.2 Å². The zero-order valence-electron chi connectivity index (χ0n) is 50.4. The molecule has 0 radical (unpaired) electrons. The van der Waals surface area contributed by atoms with Crippen LogP contribution in [-0.2, 0) is 28.6 Å². The number of allylic oxidation sites excluding steroid dienone is 18. The van der Waals surface area contributed by atoms with Gasteiger partial charge in [-0.25, -0.2) is 0 Å². The molecule has 0 rings (SSSR count). The summed E-state index contributed by atoms with van der Waals surface area (Å²) in [6.45, 7) is 6.49. The molecule has 0 amide bonds. The first-order valence-corrected chi connectivity index (χ1v) is 32.4. The summed E-state index contributed by atoms with van der Waals surface area (Å²) in [4.78, 5) is 38.4. The Morgan fingerprint density at radius 1 is 0.273 bits per heavy atom. The van der Waals surface area contributed by atoms with Gasteiger partial charge in [0.15, 0.2) is 6.10 Å². The summed E-state index contributed by atoms with van der Waals surface area (Å²) in [5.74, 6) is -0.942. The molecule has 6 heteroatoms. The van der Waals surface area contributed by atoms with E-state index in [0.717, 1.165) is 103 Å². The lowest BCUT2D eigenvalue weighted by atomic mass is 10.1. The number of esters is 3. The maximum absolute atomic E-state index is 12.9. The first kappa shape index (κ1) is 73.1. The minimum atomic E-state index is -0.804. The van der Waals surface area contributed by atoms with Gasteiger partial charge in [-0.15, -0.1) is 0 Å². The highest BCUT2D eigenvalue weighted by atomic mass is 16.6. The summed E-state index contributed by atoms with van der Waals surface area (Å²) in [6, 6.07) is 0. The maximum atomic E-state index is 12.9. The van der Waals surface area contributed by atoms with Crippen LogP contribution in [0.25, 0.3) is 0 Å². The van der Waals surface area contributed by atoms with Gasteiger partial charge in [0.25, 0.3) is 0 Å². The van der Waals surface area contributed by atoms with Crippen LogP contribution >= 0.6 is 0 Å². The maximum Gasteiger partial charge on any atom is 0.306 e. The van der Waals surface area contributed by atoms with E-state index in [9.17, 15) is 14.4 Å². The SMILES string of the molecule is CC/C=C\C/C=C\C/C=C\C/C=C\C/C=C\C/C=C\CCCCC(=O)OCC(COC(=O)CCCCCCCCC/C=C\CCCCCCCC)OC(=O)CCCCCCCCCCC/C=C\C/C=C\CCCCCCC. The summed E-state index contributed by atoms with van der Waals surface area (Å²) in [5, 5.41) is 0. The molecule has 6 nitrogen and oxygen atoms in total. The molecule has 0 heterocycles. The van der Waals surface area contributed by atoms with Crippen LogP contribution in [0.3, 0.4) is 0 Å². The number of ether oxygens (including phenoxy) is 3. The van der Waals surface area contributed by atoms with Crippen LogP contribution in [0.4, 0.5) is 0 Å². The molecule has 1 atom stereocenters. The molecule has 0 aromatic rings. The quantitative estimate of drug-likeness (QED) is 0.0261. The van der Waals surface area contributed by atoms with E-state index in [2.05, 4.69) is 130 Å². The van der Waals surface area contributed by atoms with Crippen molar-refractivity contribution in [1.82, 2.24) is 0 Å². The van der Waals surface area contributed by atoms with Gasteiger partial charge in [0.05, 0.1) is 0 Å². The first-order chi connectivity index (χ1) is 38.0. The van der Waals surface area contributed by atoms with Gasteiger partial charge in [0.2, 0.25) is 0 Å². The largest absolute Gasteiger partial charge is 0.462 e. The van der Waals surface area contributed by atoms with Crippen molar-refractivity contribution in [2.24, 2.45) is 0 Å². The number of rotatable bonds is 58. The summed E-state index contributed by atoms with van der Waals surface area (Å²) >= 11 is 0. The van der Waals surface area contributed by atoms with Gasteiger partial charge in [0, 0.05) is 19.3 Å². The minimum absolute atomic E-state index is 0.0963. The summed E-state index contributed by atoms with van der Waals surface area (Å²) < 4.78 is 16.9. The van der Waals surface area contributed by atoms with Gasteiger partial charge in [-0.3, -0.25) is 14.4 Å². The van der Waals surface area contributed by atoms with Gasteiger partial charge >= 0.3 is 17.9 Å². The zero-order chi connectivity index (χ0) is 55.7. The number of carbonyl (C=O) groups excluding carboxylic acids is 3. The molecule has 440 valence electrons. The van der Waals surface area contributed by atoms with Crippen molar-refractivity contribution in [2.45, 2.75) is 309 Å². The molecule has 0 spiro atoms. The molecular formula is C71H120O6. The molecule has 1 unspecified atom stereocenters. The van der Waals surface area contributed by atoms with Crippen molar-refractivity contribution in [3.8, 4) is 0 Å². The summed E-state index contributed by atoms with van der Waals surface area (Å²) in [7, 11) is 0. The summed E-state index contributed by atoms with van der Waals surface area (Å²) in [5.41, 5.74) is 0. The van der Waals surface area contributed by atoms with Crippen molar-refractivity contribution < 1.29 is 28.6 Å². The van der Waals surface area contributed by atoms with Crippen molar-refractivity contribution in [2.75, 3.05) is 13.2 Å². The predicted octanol–water partition coefficient (Wildman–Crippen LogP) is 22.2. The number of hydrogen-bond donors (Lipinski definition) is 0. The second kappa shape index (κ2) is 64.6. The van der Waals surface area contributed by atoms with Crippen molar-refractivity contribution in [1.29, 1.82) is 0 Å². The fourth-order valence-electron chi connectivity index (χ4n) is 8.88. The van der Waals surface area contributed by atoms with E-state index in [4.69, 9.17) is 14.2 Å². The van der Waals surface area contributed by atoms with E-state index >= 15 is 0 Å². The number of carbonyl (C=O) groups is 3. The monoisotopic (exact) mass is 1070 g/mol. The minimum Gasteiger partial charge on any atom is -0.462 e. The molecular weight excluding hydrogens is 949 g/mol. The van der Waals surface area contributed by atoms with Crippen molar-refractivity contribution >= 4 is 17.9 Å². The fraction of sp³-hybridized carbons (Fsp3) is 0.704. The molecule has 0 fully saturated rings. The van der Waals surface area contributed by atoms with Gasteiger partial charge in [-0.05, 0) is 128 Å². The van der Waals surface area contributed by atoms with Crippen molar-refractivity contribution in [3.63, 3.8) is 0 Å². The third-order valence-corrected chi connectivity index (χ3v) is 13.7. The normalized spacial score (nSPS) is 12.8. The Labute approximate surface area is 476 Å². The Balaban J connectivity index is 4.48. The standard InChI is InChI=1S/C71H120O6/c1-4-7-10-13-16-19-22-25-28-31-33-35-37-40-43-46-49-52-55-58-61-64-70(73)76-67-68(66-75-69(72)63-60-57-54-51-48-45-42-39-30-27-24-21-18-15-12-9-6-3)77-71(74)65-62-59-56-53-50-47-44-41-38-36-34-32-29-26-23-20-17-14-11-8-5-2/h7,10,16,19,23,25-28,30,32-35,40,43,49,52,68H,4-6,8-9,11-15,17-18,20-22,24,29,31,36-39,41-42,44-48,50-51,53-67H2,1-3H3/b10-7-,19-16-,26-23-,28-25-,30-27-,34-32-,35-33-,43-40-,52-49-. The van der Waals surface area contributed by atoms with Gasteiger partial charge in [0.1, 0.15) is 13.2 Å². The molecule has 0 saturated heterocycles. The average molecular weight is 1070 g/mol. The van der Waals surface area contributed by atoms with E-state index in [1.165, 1.54) is 161 Å². The van der Waals surface area contributed by atoms with E-state index in [1.807, 2.05) is 0 Å². The molecule has 0 aromatic heterocycles. The van der Waals surface area contributed by atoms with E-state index < -0.39 is 6.10 Å². The third-order valence-electron chi connectivity index (χ3n) is 13.7. The average Bonchev–Trinajstić information content (AvgIpc) is 3.43. The topological polar surface area (TPSA) is 78.9 Å². The van der Waals surface area contributed by atoms with E-state index in [-0.39, 0.29) is 31.1 Å². The molecule has 0 bridgehead atoms. The first-order valence-electron chi connectivity index (χ1n) is 32.4. The molecule has 0 aliphatic carbocycles. The second-order valence-electron chi connectivity index (χ2n) is 21.3. The Kier molecular flexibility index (Phi) is 61.3. The molecule has 0 aromatic carbocycles. The van der Waals surface area contributed by atoms with Crippen LogP contribution in [0, 0.1) is 0 Å². The Morgan fingerprint density at radius 3 is 0.831 bits per heavy atom. The highest BCUT2D eigenvalue weighted by molar-refractivity contribution is 5.71. The van der Waals surface area contributed by atoms with Crippen LogP contribution in [0.5, 0.6) is 0 Å². The Hall–Kier alpha value is -3.93. The predicted molar refractivity (Wildman–Crippen MR) is 334 cm³/mol. The molecule has 0 saturated carbocycles. The molecule has 0 aliphatic heterocycles. The van der Waals surface area contributed by atoms with E-state index in [0.29, 0.717) is 19.3 Å². The number of unbranched alkanes of at least 4 members (excludes halogenated alkanes) is 29. The highest BCUT2D eigenvalue weighted by Crippen LogP contribution is 2.15. The molecule has 0 N–H and O–H groups in total. The van der Waals surface area contributed by atoms with Crippen LogP contribution in [0.15, 0.2) is 109 Å². The number of hydrogen-bond acceptors (Lipinski definition) is 6.